The van der Waals surface area contributed by atoms with Gasteiger partial charge in [0.15, 0.2) is 6.54 Å². The van der Waals surface area contributed by atoms with Crippen molar-refractivity contribution in [1.82, 2.24) is 14.9 Å². The van der Waals surface area contributed by atoms with E-state index in [0.29, 0.717) is 31.1 Å². The maximum Gasteiger partial charge on any atom is 0.321 e. The molecule has 0 atom stereocenters. The first-order chi connectivity index (χ1) is 12.6. The molecule has 2 rings (SSSR count). The Morgan fingerprint density at radius 2 is 1.81 bits per heavy atom. The molecular formula is C18H29N4O4S+. The number of aryl methyl sites for hydroxylation is 2. The van der Waals surface area contributed by atoms with E-state index in [1.807, 2.05) is 32.9 Å². The Kier molecular flexibility index (Phi) is 6.96. The van der Waals surface area contributed by atoms with Crippen LogP contribution in [0.1, 0.15) is 25.0 Å². The molecule has 1 fully saturated rings. The van der Waals surface area contributed by atoms with Crippen molar-refractivity contribution in [2.24, 2.45) is 0 Å². The number of hydrogen-bond donors (Lipinski definition) is 3. The zero-order valence-electron chi connectivity index (χ0n) is 16.3. The molecule has 0 bridgehead atoms. The number of urea groups is 1. The number of nitrogens with one attached hydrogen (secondary N) is 3. The van der Waals surface area contributed by atoms with Crippen LogP contribution in [-0.4, -0.2) is 63.4 Å². The second kappa shape index (κ2) is 8.81. The summed E-state index contributed by atoms with van der Waals surface area (Å²) in [4.78, 5) is 24.8. The van der Waals surface area contributed by atoms with Crippen LogP contribution in [0.15, 0.2) is 23.1 Å². The van der Waals surface area contributed by atoms with E-state index in [1.54, 1.807) is 13.0 Å². The average molecular weight is 398 g/mol. The van der Waals surface area contributed by atoms with E-state index in [-0.39, 0.29) is 18.5 Å². The lowest BCUT2D eigenvalue weighted by molar-refractivity contribution is -0.895. The third-order valence-corrected chi connectivity index (χ3v) is 6.51. The molecule has 1 aromatic carbocycles. The fraction of sp³-hybridized carbons (Fsp3) is 0.556. The number of imide groups is 1. The Balaban J connectivity index is 1.92. The minimum atomic E-state index is -3.54. The lowest BCUT2D eigenvalue weighted by Crippen LogP contribution is -3.15. The Morgan fingerprint density at radius 1 is 1.19 bits per heavy atom. The lowest BCUT2D eigenvalue weighted by atomic mass is 10.2. The molecule has 9 heteroatoms. The van der Waals surface area contributed by atoms with Crippen molar-refractivity contribution in [3.63, 3.8) is 0 Å². The highest BCUT2D eigenvalue weighted by Gasteiger charge is 2.32. The smallest absolute Gasteiger partial charge is 0.321 e. The van der Waals surface area contributed by atoms with Crippen LogP contribution in [-0.2, 0) is 14.8 Å². The van der Waals surface area contributed by atoms with Crippen LogP contribution in [0.3, 0.4) is 0 Å². The predicted molar refractivity (Wildman–Crippen MR) is 102 cm³/mol. The highest BCUT2D eigenvalue weighted by atomic mass is 32.2. The molecule has 1 aliphatic rings. The molecule has 27 heavy (non-hydrogen) atoms. The molecule has 0 saturated carbocycles. The van der Waals surface area contributed by atoms with Crippen LogP contribution in [0.2, 0.25) is 0 Å². The molecule has 1 aromatic rings. The zero-order chi connectivity index (χ0) is 20.2. The minimum Gasteiger partial charge on any atom is -0.336 e. The molecule has 8 nitrogen and oxygen atoms in total. The molecule has 0 radical (unpaired) electrons. The summed E-state index contributed by atoms with van der Waals surface area (Å²) in [6, 6.07) is 4.85. The first kappa shape index (κ1) is 21.3. The van der Waals surface area contributed by atoms with E-state index < -0.39 is 16.1 Å². The second-order valence-electron chi connectivity index (χ2n) is 7.28. The molecule has 1 saturated heterocycles. The van der Waals surface area contributed by atoms with Gasteiger partial charge in [-0.05, 0) is 44.9 Å². The van der Waals surface area contributed by atoms with Crippen LogP contribution >= 0.6 is 0 Å². The molecule has 0 unspecified atom stereocenters. The molecule has 3 amide bonds. The summed E-state index contributed by atoms with van der Waals surface area (Å²) >= 11 is 0. The highest BCUT2D eigenvalue weighted by Crippen LogP contribution is 2.21. The summed E-state index contributed by atoms with van der Waals surface area (Å²) in [5.41, 5.74) is 1.63. The van der Waals surface area contributed by atoms with Gasteiger partial charge in [0.2, 0.25) is 10.0 Å². The second-order valence-corrected chi connectivity index (χ2v) is 9.18. The average Bonchev–Trinajstić information content (AvgIpc) is 2.56. The topological polar surface area (TPSA) is 100 Å². The van der Waals surface area contributed by atoms with Crippen molar-refractivity contribution >= 4 is 22.0 Å². The number of carbonyl (C=O) groups excluding carboxylic acids is 2. The molecule has 1 aliphatic heterocycles. The van der Waals surface area contributed by atoms with Crippen LogP contribution < -0.4 is 15.5 Å². The van der Waals surface area contributed by atoms with E-state index in [4.69, 9.17) is 0 Å². The van der Waals surface area contributed by atoms with Gasteiger partial charge in [-0.1, -0.05) is 12.1 Å². The quantitative estimate of drug-likeness (QED) is 0.619. The first-order valence-corrected chi connectivity index (χ1v) is 10.5. The maximum atomic E-state index is 12.9. The first-order valence-electron chi connectivity index (χ1n) is 9.11. The molecule has 0 spiro atoms. The fourth-order valence-corrected chi connectivity index (χ4v) is 4.79. The zero-order valence-corrected chi connectivity index (χ0v) is 17.1. The summed E-state index contributed by atoms with van der Waals surface area (Å²) in [5, 5.41) is 4.90. The number of benzene rings is 1. The molecular weight excluding hydrogens is 368 g/mol. The third-order valence-electron chi connectivity index (χ3n) is 4.47. The summed E-state index contributed by atoms with van der Waals surface area (Å²) in [7, 11) is -3.54. The van der Waals surface area contributed by atoms with Crippen molar-refractivity contribution < 1.29 is 22.9 Å². The Labute approximate surface area is 161 Å². The van der Waals surface area contributed by atoms with Gasteiger partial charge in [0.25, 0.3) is 5.91 Å². The van der Waals surface area contributed by atoms with Gasteiger partial charge in [0, 0.05) is 6.04 Å². The van der Waals surface area contributed by atoms with Crippen LogP contribution in [0.5, 0.6) is 0 Å². The van der Waals surface area contributed by atoms with Gasteiger partial charge in [-0.25, -0.2) is 13.2 Å². The van der Waals surface area contributed by atoms with Gasteiger partial charge in [-0.2, -0.15) is 4.31 Å². The molecule has 3 N–H and O–H groups in total. The molecule has 0 aromatic heterocycles. The van der Waals surface area contributed by atoms with Gasteiger partial charge in [-0.3, -0.25) is 10.1 Å². The number of sulfonamides is 1. The van der Waals surface area contributed by atoms with Crippen LogP contribution in [0, 0.1) is 13.8 Å². The Morgan fingerprint density at radius 3 is 2.41 bits per heavy atom. The van der Waals surface area contributed by atoms with Gasteiger partial charge in [0.05, 0.1) is 31.1 Å². The number of rotatable bonds is 5. The number of hydrogen-bond acceptors (Lipinski definition) is 4. The van der Waals surface area contributed by atoms with E-state index >= 15 is 0 Å². The van der Waals surface area contributed by atoms with Gasteiger partial charge in [-0.15, -0.1) is 0 Å². The lowest BCUT2D eigenvalue weighted by Gasteiger charge is -2.31. The van der Waals surface area contributed by atoms with Crippen molar-refractivity contribution in [3.8, 4) is 0 Å². The summed E-state index contributed by atoms with van der Waals surface area (Å²) < 4.78 is 27.3. The normalized spacial score (nSPS) is 16.3. The standard InChI is InChI=1S/C18H28N4O4S/c1-13(2)19-18(24)20-17(23)12-21-7-9-22(10-8-21)27(25,26)16-11-14(3)5-6-15(16)4/h5-6,11,13H,7-10,12H2,1-4H3,(H2,19,20,23,24)/p+1. The van der Waals surface area contributed by atoms with Crippen LogP contribution in [0.4, 0.5) is 4.79 Å². The van der Waals surface area contributed by atoms with E-state index in [9.17, 15) is 18.0 Å². The molecule has 0 aliphatic carbocycles. The number of piperazine rings is 1. The molecule has 150 valence electrons. The van der Waals surface area contributed by atoms with Crippen LogP contribution in [0.25, 0.3) is 0 Å². The minimum absolute atomic E-state index is 0.0519. The third kappa shape index (κ3) is 5.75. The fourth-order valence-electron chi connectivity index (χ4n) is 3.04. The summed E-state index contributed by atoms with van der Waals surface area (Å²) in [6.45, 7) is 9.15. The highest BCUT2D eigenvalue weighted by molar-refractivity contribution is 7.89. The SMILES string of the molecule is Cc1ccc(C)c(S(=O)(=O)N2CC[NH+](CC(=O)NC(=O)NC(C)C)CC2)c1. The Bertz CT molecular complexity index is 800. The van der Waals surface area contributed by atoms with E-state index in [0.717, 1.165) is 16.0 Å². The van der Waals surface area contributed by atoms with Crippen molar-refractivity contribution in [2.75, 3.05) is 32.7 Å². The number of carbonyl (C=O) groups is 2. The Hall–Kier alpha value is -1.97. The van der Waals surface area contributed by atoms with Gasteiger partial charge >= 0.3 is 6.03 Å². The molecule has 1 heterocycles. The number of quaternary nitrogens is 1. The summed E-state index contributed by atoms with van der Waals surface area (Å²) in [6.07, 6.45) is 0. The van der Waals surface area contributed by atoms with Crippen molar-refractivity contribution in [3.05, 3.63) is 29.3 Å². The predicted octanol–water partition coefficient (Wildman–Crippen LogP) is -0.573. The van der Waals surface area contributed by atoms with Crippen molar-refractivity contribution in [1.29, 1.82) is 0 Å². The largest absolute Gasteiger partial charge is 0.336 e. The van der Waals surface area contributed by atoms with Gasteiger partial charge in [0.1, 0.15) is 0 Å². The monoisotopic (exact) mass is 397 g/mol. The number of amides is 3. The summed E-state index contributed by atoms with van der Waals surface area (Å²) in [5.74, 6) is -0.367. The van der Waals surface area contributed by atoms with Crippen molar-refractivity contribution in [2.45, 2.75) is 38.6 Å². The van der Waals surface area contributed by atoms with E-state index in [2.05, 4.69) is 10.6 Å². The maximum absolute atomic E-state index is 12.9. The van der Waals surface area contributed by atoms with E-state index in [1.165, 1.54) is 4.31 Å². The van der Waals surface area contributed by atoms with Gasteiger partial charge < -0.3 is 10.2 Å². The number of nitrogens with zero attached hydrogens (tertiary/aromatic N) is 1.